The summed E-state index contributed by atoms with van der Waals surface area (Å²) in [7, 11) is 3.97. The van der Waals surface area contributed by atoms with Crippen molar-refractivity contribution < 1.29 is 9.53 Å². The standard InChI is InChI=1S/C24H31ClN8O2/c1-24(2,3)33-22-17(21(26)28-13-29-22)19(31-33)20-18(25)15-7-6-14(12-16(15)30-20)23(34)27-8-10-35-11-9-32(4)5/h6-7,12-13,30H,8-11H2,1-5H3,(H,27,34)(H2,26,28,29). The monoisotopic (exact) mass is 498 g/mol. The molecule has 186 valence electrons. The largest absolute Gasteiger partial charge is 0.383 e. The van der Waals surface area contributed by atoms with Crippen molar-refractivity contribution in [1.82, 2.24) is 34.9 Å². The Kier molecular flexibility index (Phi) is 6.98. The SMILES string of the molecule is CN(C)CCOCCNC(=O)c1ccc2c(Cl)c(-c3nn(C(C)(C)C)c4ncnc(N)c34)[nH]c2c1. The maximum absolute atomic E-state index is 12.7. The highest BCUT2D eigenvalue weighted by molar-refractivity contribution is 6.38. The number of nitrogens with zero attached hydrogens (tertiary/aromatic N) is 5. The number of anilines is 1. The number of carbonyl (C=O) groups excluding carboxylic acids is 1. The van der Waals surface area contributed by atoms with Gasteiger partial charge in [0, 0.05) is 29.6 Å². The van der Waals surface area contributed by atoms with Crippen LogP contribution in [0.25, 0.3) is 33.3 Å². The van der Waals surface area contributed by atoms with Crippen LogP contribution in [0, 0.1) is 0 Å². The van der Waals surface area contributed by atoms with Crippen LogP contribution in [0.2, 0.25) is 5.02 Å². The molecule has 1 amide bonds. The lowest BCUT2D eigenvalue weighted by Gasteiger charge is -2.19. The number of nitrogens with two attached hydrogens (primary N) is 1. The number of aromatic nitrogens is 5. The average molecular weight is 499 g/mol. The van der Waals surface area contributed by atoms with Crippen molar-refractivity contribution in [2.75, 3.05) is 46.1 Å². The zero-order valence-corrected chi connectivity index (χ0v) is 21.4. The predicted octanol–water partition coefficient (Wildman–Crippen LogP) is 3.27. The minimum absolute atomic E-state index is 0.185. The maximum Gasteiger partial charge on any atom is 0.251 e. The molecule has 0 saturated heterocycles. The van der Waals surface area contributed by atoms with E-state index in [9.17, 15) is 4.79 Å². The first-order chi connectivity index (χ1) is 16.6. The van der Waals surface area contributed by atoms with E-state index in [1.807, 2.05) is 50.5 Å². The van der Waals surface area contributed by atoms with Crippen molar-refractivity contribution in [2.45, 2.75) is 26.3 Å². The van der Waals surface area contributed by atoms with Gasteiger partial charge in [0.2, 0.25) is 0 Å². The van der Waals surface area contributed by atoms with Gasteiger partial charge in [0.05, 0.1) is 34.9 Å². The molecule has 10 nitrogen and oxygen atoms in total. The lowest BCUT2D eigenvalue weighted by atomic mass is 10.1. The van der Waals surface area contributed by atoms with Crippen molar-refractivity contribution in [3.63, 3.8) is 0 Å². The molecule has 0 radical (unpaired) electrons. The highest BCUT2D eigenvalue weighted by atomic mass is 35.5. The molecule has 4 rings (SSSR count). The Morgan fingerprint density at radius 2 is 2.03 bits per heavy atom. The van der Waals surface area contributed by atoms with Gasteiger partial charge in [0.25, 0.3) is 5.91 Å². The molecule has 0 atom stereocenters. The summed E-state index contributed by atoms with van der Waals surface area (Å²) in [5, 5.41) is 9.58. The summed E-state index contributed by atoms with van der Waals surface area (Å²) in [5.74, 6) is 0.138. The number of halogens is 1. The van der Waals surface area contributed by atoms with Gasteiger partial charge in [-0.05, 0) is 47.0 Å². The molecule has 4 aromatic rings. The van der Waals surface area contributed by atoms with Gasteiger partial charge in [-0.2, -0.15) is 5.10 Å². The predicted molar refractivity (Wildman–Crippen MR) is 139 cm³/mol. The third-order valence-electron chi connectivity index (χ3n) is 5.58. The Bertz CT molecular complexity index is 1370. The van der Waals surface area contributed by atoms with Crippen LogP contribution < -0.4 is 11.1 Å². The van der Waals surface area contributed by atoms with Gasteiger partial charge in [0.1, 0.15) is 17.8 Å². The van der Waals surface area contributed by atoms with Crippen LogP contribution in [-0.2, 0) is 10.3 Å². The van der Waals surface area contributed by atoms with Crippen molar-refractivity contribution in [3.8, 4) is 11.4 Å². The summed E-state index contributed by atoms with van der Waals surface area (Å²) in [6, 6.07) is 5.34. The van der Waals surface area contributed by atoms with E-state index < -0.39 is 0 Å². The first-order valence-electron chi connectivity index (χ1n) is 11.4. The smallest absolute Gasteiger partial charge is 0.251 e. The summed E-state index contributed by atoms with van der Waals surface area (Å²) in [6.07, 6.45) is 1.43. The molecule has 0 unspecified atom stereocenters. The van der Waals surface area contributed by atoms with Crippen LogP contribution in [0.1, 0.15) is 31.1 Å². The molecule has 0 bridgehead atoms. The molecule has 0 aliphatic carbocycles. The third kappa shape index (κ3) is 5.09. The van der Waals surface area contributed by atoms with E-state index in [-0.39, 0.29) is 11.4 Å². The van der Waals surface area contributed by atoms with Crippen molar-refractivity contribution >= 4 is 45.3 Å². The number of fused-ring (bicyclic) bond motifs is 2. The Hall–Kier alpha value is -3.21. The van der Waals surface area contributed by atoms with Gasteiger partial charge in [-0.25, -0.2) is 14.6 Å². The molecule has 3 heterocycles. The van der Waals surface area contributed by atoms with Crippen molar-refractivity contribution in [1.29, 1.82) is 0 Å². The second-order valence-electron chi connectivity index (χ2n) is 9.63. The minimum Gasteiger partial charge on any atom is -0.383 e. The molecule has 0 saturated carbocycles. The van der Waals surface area contributed by atoms with Crippen LogP contribution in [0.5, 0.6) is 0 Å². The summed E-state index contributed by atoms with van der Waals surface area (Å²) in [5.41, 5.74) is 8.91. The molecule has 1 aromatic carbocycles. The lowest BCUT2D eigenvalue weighted by Crippen LogP contribution is -2.28. The van der Waals surface area contributed by atoms with E-state index in [0.29, 0.717) is 64.1 Å². The molecule has 0 spiro atoms. The molecule has 0 fully saturated rings. The fourth-order valence-corrected chi connectivity index (χ4v) is 4.07. The van der Waals surface area contributed by atoms with Crippen molar-refractivity contribution in [2.24, 2.45) is 0 Å². The highest BCUT2D eigenvalue weighted by Crippen LogP contribution is 2.39. The van der Waals surface area contributed by atoms with Crippen LogP contribution in [-0.4, -0.2) is 75.9 Å². The number of ether oxygens (including phenoxy) is 1. The van der Waals surface area contributed by atoms with E-state index in [1.54, 1.807) is 12.1 Å². The Morgan fingerprint density at radius 3 is 2.74 bits per heavy atom. The summed E-state index contributed by atoms with van der Waals surface area (Å²) >= 11 is 6.77. The van der Waals surface area contributed by atoms with E-state index >= 15 is 0 Å². The molecular formula is C24H31ClN8O2. The summed E-state index contributed by atoms with van der Waals surface area (Å²) in [6.45, 7) is 8.44. The molecule has 35 heavy (non-hydrogen) atoms. The Morgan fingerprint density at radius 1 is 1.26 bits per heavy atom. The van der Waals surface area contributed by atoms with E-state index in [1.165, 1.54) is 6.33 Å². The molecule has 0 aliphatic rings. The molecular weight excluding hydrogens is 468 g/mol. The minimum atomic E-state index is -0.336. The number of amides is 1. The zero-order valence-electron chi connectivity index (χ0n) is 20.6. The first kappa shape index (κ1) is 24.9. The van der Waals surface area contributed by atoms with Gasteiger partial charge in [-0.15, -0.1) is 0 Å². The van der Waals surface area contributed by atoms with Gasteiger partial charge >= 0.3 is 0 Å². The van der Waals surface area contributed by atoms with Gasteiger partial charge in [0.15, 0.2) is 5.65 Å². The number of rotatable bonds is 8. The second kappa shape index (κ2) is 9.80. The van der Waals surface area contributed by atoms with Gasteiger partial charge in [-0.3, -0.25) is 4.79 Å². The Balaban J connectivity index is 1.62. The number of hydrogen-bond donors (Lipinski definition) is 3. The van der Waals surface area contributed by atoms with Crippen LogP contribution in [0.3, 0.4) is 0 Å². The lowest BCUT2D eigenvalue weighted by molar-refractivity contribution is 0.0900. The van der Waals surface area contributed by atoms with Gasteiger partial charge < -0.3 is 25.7 Å². The fourth-order valence-electron chi connectivity index (χ4n) is 3.77. The Labute approximate surface area is 208 Å². The second-order valence-corrected chi connectivity index (χ2v) is 10.0. The average Bonchev–Trinajstić information content (AvgIpc) is 3.34. The fraction of sp³-hybridized carbons (Fsp3) is 0.417. The molecule has 11 heteroatoms. The van der Waals surface area contributed by atoms with Crippen LogP contribution >= 0.6 is 11.6 Å². The number of nitrogens with one attached hydrogen (secondary N) is 2. The number of hydrogen-bond acceptors (Lipinski definition) is 7. The number of benzene rings is 1. The third-order valence-corrected chi connectivity index (χ3v) is 5.97. The van der Waals surface area contributed by atoms with Crippen LogP contribution in [0.15, 0.2) is 24.5 Å². The molecule has 4 N–H and O–H groups in total. The summed E-state index contributed by atoms with van der Waals surface area (Å²) < 4.78 is 7.35. The van der Waals surface area contributed by atoms with Crippen LogP contribution in [0.4, 0.5) is 5.82 Å². The van der Waals surface area contributed by atoms with E-state index in [2.05, 4.69) is 20.3 Å². The zero-order chi connectivity index (χ0) is 25.3. The summed E-state index contributed by atoms with van der Waals surface area (Å²) in [4.78, 5) is 26.6. The number of aromatic amines is 1. The van der Waals surface area contributed by atoms with E-state index in [4.69, 9.17) is 27.2 Å². The number of likely N-dealkylation sites (N-methyl/N-ethyl adjacent to an activating group) is 1. The van der Waals surface area contributed by atoms with E-state index in [0.717, 1.165) is 11.9 Å². The van der Waals surface area contributed by atoms with Gasteiger partial charge in [-0.1, -0.05) is 17.7 Å². The van der Waals surface area contributed by atoms with Crippen molar-refractivity contribution in [3.05, 3.63) is 35.1 Å². The quantitative estimate of drug-likeness (QED) is 0.318. The molecule has 0 aliphatic heterocycles. The number of H-pyrrole nitrogens is 1. The number of nitrogen functional groups attached to an aromatic ring is 1. The maximum atomic E-state index is 12.7. The molecule has 3 aromatic heterocycles. The first-order valence-corrected chi connectivity index (χ1v) is 11.8. The topological polar surface area (TPSA) is 127 Å². The normalized spacial score (nSPS) is 12.2. The highest BCUT2D eigenvalue weighted by Gasteiger charge is 2.26. The number of carbonyl (C=O) groups is 1.